The van der Waals surface area contributed by atoms with Crippen LogP contribution in [0.5, 0.6) is 34.5 Å². The Balaban J connectivity index is 0.000000307. The van der Waals surface area contributed by atoms with Crippen molar-refractivity contribution in [2.45, 2.75) is 57.1 Å². The van der Waals surface area contributed by atoms with Gasteiger partial charge in [-0.05, 0) is 56.7 Å². The molecular formula is C64H86N11O13P. The Kier molecular flexibility index (Phi) is 28.3. The molecule has 3 aromatic heterocycles. The lowest BCUT2D eigenvalue weighted by Crippen LogP contribution is -2.50. The summed E-state index contributed by atoms with van der Waals surface area (Å²) < 4.78 is 55.6. The summed E-state index contributed by atoms with van der Waals surface area (Å²) in [4.78, 5) is 68.5. The summed E-state index contributed by atoms with van der Waals surface area (Å²) in [5.41, 5.74) is 4.68. The molecule has 2 aliphatic heterocycles. The molecule has 3 amide bonds. The molecule has 5 aromatic carbocycles. The van der Waals surface area contributed by atoms with E-state index in [1.807, 2.05) is 73.7 Å². The third-order valence-electron chi connectivity index (χ3n) is 13.7. The summed E-state index contributed by atoms with van der Waals surface area (Å²) in [6.45, 7) is 11.3. The number of benzene rings is 5. The number of phenolic OH excluding ortho intramolecular Hbond substituents is 1. The first kappa shape index (κ1) is 72.2. The molecule has 10 rings (SSSR count). The highest BCUT2D eigenvalue weighted by Gasteiger charge is 2.27. The van der Waals surface area contributed by atoms with Crippen LogP contribution in [0.15, 0.2) is 127 Å². The largest absolute Gasteiger partial charge is 0.504 e. The minimum atomic E-state index is -3.15. The Bertz CT molecular complexity index is 3670. The van der Waals surface area contributed by atoms with Gasteiger partial charge in [-0.15, -0.1) is 0 Å². The van der Waals surface area contributed by atoms with E-state index in [1.54, 1.807) is 67.2 Å². The zero-order valence-corrected chi connectivity index (χ0v) is 49.5. The van der Waals surface area contributed by atoms with E-state index < -0.39 is 7.60 Å². The number of urea groups is 1. The number of hydrogen-bond acceptors (Lipinski definition) is 20. The zero-order chi connectivity index (χ0) is 60.3. The number of piperazine rings is 2. The number of allylic oxidation sites excluding steroid dienone is 1. The number of phenols is 1. The van der Waals surface area contributed by atoms with Crippen LogP contribution in [0.25, 0.3) is 32.7 Å². The topological polar surface area (TPSA) is 268 Å². The molecule has 0 spiro atoms. The van der Waals surface area contributed by atoms with Crippen molar-refractivity contribution in [2.24, 2.45) is 0 Å². The molecular weight excluding hydrogens is 1160 g/mol. The number of methoxy groups -OCH3 is 4. The number of rotatable bonds is 18. The molecule has 0 radical (unpaired) electrons. The number of amides is 3. The second-order valence-electron chi connectivity index (χ2n) is 19.1. The Labute approximate surface area is 521 Å². The van der Waals surface area contributed by atoms with Crippen molar-refractivity contribution in [3.63, 3.8) is 0 Å². The van der Waals surface area contributed by atoms with Gasteiger partial charge in [0.1, 0.15) is 37.5 Å². The van der Waals surface area contributed by atoms with Crippen LogP contribution in [0, 0.1) is 6.92 Å². The fourth-order valence-electron chi connectivity index (χ4n) is 9.26. The van der Waals surface area contributed by atoms with Gasteiger partial charge < -0.3 is 72.5 Å². The van der Waals surface area contributed by atoms with Crippen molar-refractivity contribution in [1.82, 2.24) is 39.7 Å². The van der Waals surface area contributed by atoms with Crippen molar-refractivity contribution in [1.29, 1.82) is 0 Å². The fourth-order valence-corrected chi connectivity index (χ4v) is 10.7. The van der Waals surface area contributed by atoms with Crippen LogP contribution in [-0.4, -0.2) is 164 Å². The lowest BCUT2D eigenvalue weighted by molar-refractivity contribution is 0.0941. The molecule has 8 aromatic rings. The van der Waals surface area contributed by atoms with Gasteiger partial charge in [0.25, 0.3) is 5.56 Å². The molecule has 0 atom stereocenters. The monoisotopic (exact) mass is 1250 g/mol. The number of H-pyrrole nitrogens is 1. The number of nitrogens with one attached hydrogen (secondary N) is 2. The van der Waals surface area contributed by atoms with Gasteiger partial charge in [0, 0.05) is 87.0 Å². The van der Waals surface area contributed by atoms with Crippen LogP contribution in [0.3, 0.4) is 0 Å². The Hall–Kier alpha value is -9.25. The molecule has 0 saturated carbocycles. The number of aromatic amines is 1. The zero-order valence-electron chi connectivity index (χ0n) is 48.6. The number of anilines is 3. The van der Waals surface area contributed by atoms with Crippen molar-refractivity contribution in [3.05, 3.63) is 144 Å². The van der Waals surface area contributed by atoms with Crippen LogP contribution < -0.4 is 44.4 Å². The van der Waals surface area contributed by atoms with Gasteiger partial charge in [0.05, 0.1) is 76.1 Å². The molecule has 2 fully saturated rings. The standard InChI is InChI=1S/C29H38N5O6P.C21H22N4O4.C10H10N2O3.4CH4/c1-5-39-41(36,40-6-2)18-8-7-17-38-27-19-24-25(20-26(27)37-4)30-21-31-28(24)33-13-15-34(16-14-33)29(35)32-23-11-9-22(3)10-12-23;1-28-19-12-17-16(11-18(19)26)20(23-14-22-17)24-7-9-25(10-8-24)21(27)29-13-15-5-3-2-4-6-15;1-14-8-3-6-7(4-9(8)15-2)11-5-12-10(6)13;;;;/h7-12,19-21H,5-6,13-18H2,1-4H3,(H,32,35);2-6,11-12,14,26H,7-10,13H2,1H3;3-5H,1-2H3,(H,11,12,13);4*1H4/b8-7+;;;;;;. The minimum Gasteiger partial charge on any atom is -0.504 e. The summed E-state index contributed by atoms with van der Waals surface area (Å²) in [5, 5.41) is 15.1. The van der Waals surface area contributed by atoms with Gasteiger partial charge in [-0.25, -0.2) is 34.5 Å². The maximum absolute atomic E-state index is 12.8. The van der Waals surface area contributed by atoms with Gasteiger partial charge in [-0.3, -0.25) is 9.36 Å². The number of aryl methyl sites for hydroxylation is 1. The summed E-state index contributed by atoms with van der Waals surface area (Å²) in [6.07, 6.45) is 7.75. The first-order valence-electron chi connectivity index (χ1n) is 27.4. The third-order valence-corrected chi connectivity index (χ3v) is 15.6. The Morgan fingerprint density at radius 3 is 1.69 bits per heavy atom. The second-order valence-corrected chi connectivity index (χ2v) is 21.2. The average Bonchev–Trinajstić information content (AvgIpc) is 2.16. The number of carbonyl (C=O) groups excluding carboxylic acids is 2. The van der Waals surface area contributed by atoms with Crippen molar-refractivity contribution >= 4 is 69.8 Å². The van der Waals surface area contributed by atoms with E-state index >= 15 is 0 Å². The van der Waals surface area contributed by atoms with Gasteiger partial charge in [0.15, 0.2) is 34.5 Å². The SMILES string of the molecule is C.C.C.C.CCOP(=O)(C/C=C/COc1cc2c(N3CCN(C(=O)Nc4ccc(C)cc4)CC3)ncnc2cc1OC)OCC.COc1cc2nc[nH]c(=O)c2cc1OC.COc1cc2ncnc(N3CCN(C(=O)OCc4ccccc4)CC3)c2cc1O. The number of aromatic nitrogens is 6. The number of nitrogens with zero attached hydrogens (tertiary/aromatic N) is 9. The number of carbonyl (C=O) groups is 2. The van der Waals surface area contributed by atoms with Crippen LogP contribution in [0.2, 0.25) is 0 Å². The van der Waals surface area contributed by atoms with Crippen LogP contribution in [0.1, 0.15) is 54.7 Å². The predicted octanol–water partition coefficient (Wildman–Crippen LogP) is 11.8. The van der Waals surface area contributed by atoms with E-state index in [-0.39, 0.29) is 72.5 Å². The number of ether oxygens (including phenoxy) is 6. The molecule has 2 saturated heterocycles. The molecule has 5 heterocycles. The quantitative estimate of drug-likeness (QED) is 0.0532. The highest BCUT2D eigenvalue weighted by Crippen LogP contribution is 2.48. The summed E-state index contributed by atoms with van der Waals surface area (Å²) in [5.74, 6) is 4.06. The third kappa shape index (κ3) is 18.9. The van der Waals surface area contributed by atoms with Gasteiger partial charge in [-0.2, -0.15) is 0 Å². The lowest BCUT2D eigenvalue weighted by atomic mass is 10.2. The van der Waals surface area contributed by atoms with Crippen molar-refractivity contribution < 1.29 is 56.7 Å². The smallest absolute Gasteiger partial charge is 0.410 e. The van der Waals surface area contributed by atoms with E-state index in [0.29, 0.717) is 111 Å². The van der Waals surface area contributed by atoms with Crippen LogP contribution >= 0.6 is 7.60 Å². The maximum atomic E-state index is 12.8. The summed E-state index contributed by atoms with van der Waals surface area (Å²) >= 11 is 0. The second kappa shape index (κ2) is 34.9. The van der Waals surface area contributed by atoms with E-state index in [1.165, 1.54) is 40.3 Å². The van der Waals surface area contributed by atoms with Gasteiger partial charge in [0.2, 0.25) is 0 Å². The van der Waals surface area contributed by atoms with Crippen molar-refractivity contribution in [2.75, 3.05) is 122 Å². The number of hydrogen-bond donors (Lipinski definition) is 3. The van der Waals surface area contributed by atoms with E-state index in [0.717, 1.165) is 44.7 Å². The lowest BCUT2D eigenvalue weighted by Gasteiger charge is -2.35. The summed E-state index contributed by atoms with van der Waals surface area (Å²) in [6, 6.07) is 27.5. The molecule has 25 heteroatoms. The first-order valence-corrected chi connectivity index (χ1v) is 29.2. The van der Waals surface area contributed by atoms with Gasteiger partial charge >= 0.3 is 19.7 Å². The molecule has 0 unspecified atom stereocenters. The van der Waals surface area contributed by atoms with Crippen LogP contribution in [-0.2, 0) is 25.0 Å². The predicted molar refractivity (Wildman–Crippen MR) is 351 cm³/mol. The van der Waals surface area contributed by atoms with E-state index in [2.05, 4.69) is 45.0 Å². The first-order chi connectivity index (χ1) is 41.3. The van der Waals surface area contributed by atoms with Crippen LogP contribution in [0.4, 0.5) is 26.9 Å². The van der Waals surface area contributed by atoms with Crippen molar-refractivity contribution in [3.8, 4) is 34.5 Å². The average molecular weight is 1250 g/mol. The normalized spacial score (nSPS) is 12.8. The molecule has 89 heavy (non-hydrogen) atoms. The van der Waals surface area contributed by atoms with E-state index in [9.17, 15) is 24.1 Å². The van der Waals surface area contributed by atoms with E-state index in [4.69, 9.17) is 37.5 Å². The molecule has 2 aliphatic rings. The fraction of sp³-hybridized carbons (Fsp3) is 0.375. The van der Waals surface area contributed by atoms with Gasteiger partial charge in [-0.1, -0.05) is 89.9 Å². The molecule has 0 bridgehead atoms. The minimum absolute atomic E-state index is 0. The maximum Gasteiger partial charge on any atom is 0.410 e. The Morgan fingerprint density at radius 1 is 0.618 bits per heavy atom. The molecule has 0 aliphatic carbocycles. The number of fused-ring (bicyclic) bond motifs is 3. The highest BCUT2D eigenvalue weighted by molar-refractivity contribution is 7.54. The number of aromatic hydroxyl groups is 1. The Morgan fingerprint density at radius 2 is 1.12 bits per heavy atom. The molecule has 3 N–H and O–H groups in total. The molecule has 24 nitrogen and oxygen atoms in total. The highest BCUT2D eigenvalue weighted by atomic mass is 31.2. The molecule has 480 valence electrons. The summed E-state index contributed by atoms with van der Waals surface area (Å²) in [7, 11) is 2.99.